The number of aryl methyl sites for hydroxylation is 3. The maximum Gasteiger partial charge on any atom is 0.111 e. The number of fused-ring (bicyclic) bond motifs is 1. The summed E-state index contributed by atoms with van der Waals surface area (Å²) in [7, 11) is 0. The van der Waals surface area contributed by atoms with Crippen molar-refractivity contribution in [2.75, 3.05) is 5.88 Å². The fourth-order valence-corrected chi connectivity index (χ4v) is 3.91. The Morgan fingerprint density at radius 1 is 1.25 bits per heavy atom. The molecule has 0 spiro atoms. The second-order valence-electron chi connectivity index (χ2n) is 4.44. The lowest BCUT2D eigenvalue weighted by Crippen LogP contribution is -2.06. The average molecular weight is 371 g/mol. The lowest BCUT2D eigenvalue weighted by Gasteiger charge is -2.07. The van der Waals surface area contributed by atoms with Crippen LogP contribution in [0.1, 0.15) is 10.7 Å². The molecule has 0 amide bonds. The molecule has 3 aromatic heterocycles. The van der Waals surface area contributed by atoms with E-state index in [0.29, 0.717) is 5.88 Å². The molecule has 3 aromatic rings. The molecule has 0 saturated heterocycles. The maximum absolute atomic E-state index is 5.88. The molecule has 104 valence electrons. The van der Waals surface area contributed by atoms with Gasteiger partial charge in [-0.25, -0.2) is 4.98 Å². The van der Waals surface area contributed by atoms with Crippen LogP contribution in [-0.2, 0) is 19.4 Å². The molecule has 0 fully saturated rings. The molecule has 3 nitrogen and oxygen atoms in total. The highest BCUT2D eigenvalue weighted by atomic mass is 79.9. The first-order valence-corrected chi connectivity index (χ1v) is 8.51. The molecular weight excluding hydrogens is 358 g/mol. The Kier molecular flexibility index (Phi) is 4.38. The highest BCUT2D eigenvalue weighted by Crippen LogP contribution is 2.24. The SMILES string of the molecule is ClCCc1nc2cnccc2n1CCc1ccc(Br)s1. The van der Waals surface area contributed by atoms with Crippen molar-refractivity contribution in [3.8, 4) is 0 Å². The summed E-state index contributed by atoms with van der Waals surface area (Å²) < 4.78 is 3.43. The summed E-state index contributed by atoms with van der Waals surface area (Å²) in [6.07, 6.45) is 5.40. The minimum atomic E-state index is 0.585. The first-order chi connectivity index (χ1) is 9.78. The molecule has 0 radical (unpaired) electrons. The smallest absolute Gasteiger partial charge is 0.111 e. The third kappa shape index (κ3) is 2.90. The first-order valence-electron chi connectivity index (χ1n) is 6.37. The number of nitrogens with zero attached hydrogens (tertiary/aromatic N) is 3. The predicted molar refractivity (Wildman–Crippen MR) is 87.7 cm³/mol. The Hall–Kier alpha value is -0.910. The van der Waals surface area contributed by atoms with Gasteiger partial charge in [0.1, 0.15) is 11.3 Å². The van der Waals surface area contributed by atoms with E-state index in [2.05, 4.69) is 42.6 Å². The zero-order valence-electron chi connectivity index (χ0n) is 10.7. The Morgan fingerprint density at radius 3 is 2.90 bits per heavy atom. The van der Waals surface area contributed by atoms with Gasteiger partial charge in [0, 0.05) is 29.9 Å². The maximum atomic E-state index is 5.88. The molecule has 0 aromatic carbocycles. The summed E-state index contributed by atoms with van der Waals surface area (Å²) in [5.74, 6) is 1.63. The molecule has 0 N–H and O–H groups in total. The molecular formula is C14H13BrClN3S. The van der Waals surface area contributed by atoms with E-state index in [9.17, 15) is 0 Å². The Morgan fingerprint density at radius 2 is 2.15 bits per heavy atom. The van der Waals surface area contributed by atoms with Crippen LogP contribution in [0.25, 0.3) is 11.0 Å². The lowest BCUT2D eigenvalue weighted by molar-refractivity contribution is 0.679. The first kappa shape index (κ1) is 14.0. The summed E-state index contributed by atoms with van der Waals surface area (Å²) in [5, 5.41) is 0. The molecule has 0 unspecified atom stereocenters. The van der Waals surface area contributed by atoms with Crippen LogP contribution in [0.3, 0.4) is 0 Å². The zero-order valence-corrected chi connectivity index (χ0v) is 13.9. The fraction of sp³-hybridized carbons (Fsp3) is 0.286. The van der Waals surface area contributed by atoms with Gasteiger partial charge in [0.2, 0.25) is 0 Å². The molecule has 0 aliphatic rings. The summed E-state index contributed by atoms with van der Waals surface area (Å²) in [5.41, 5.74) is 2.08. The van der Waals surface area contributed by atoms with E-state index in [1.165, 1.54) is 8.66 Å². The van der Waals surface area contributed by atoms with E-state index in [1.54, 1.807) is 11.3 Å². The second-order valence-corrected chi connectivity index (χ2v) is 7.36. The number of thiophene rings is 1. The van der Waals surface area contributed by atoms with Crippen LogP contribution >= 0.6 is 38.9 Å². The Balaban J connectivity index is 1.90. The molecule has 20 heavy (non-hydrogen) atoms. The minimum Gasteiger partial charge on any atom is -0.327 e. The monoisotopic (exact) mass is 369 g/mol. The molecule has 6 heteroatoms. The van der Waals surface area contributed by atoms with Gasteiger partial charge in [0.25, 0.3) is 0 Å². The zero-order chi connectivity index (χ0) is 13.9. The Labute approximate surface area is 134 Å². The van der Waals surface area contributed by atoms with E-state index in [-0.39, 0.29) is 0 Å². The number of pyridine rings is 1. The van der Waals surface area contributed by atoms with Gasteiger partial charge < -0.3 is 4.57 Å². The molecule has 0 atom stereocenters. The number of alkyl halides is 1. The topological polar surface area (TPSA) is 30.7 Å². The largest absolute Gasteiger partial charge is 0.327 e. The number of hydrogen-bond acceptors (Lipinski definition) is 3. The molecule has 0 aliphatic heterocycles. The van der Waals surface area contributed by atoms with Gasteiger partial charge in [-0.1, -0.05) is 0 Å². The van der Waals surface area contributed by atoms with Gasteiger partial charge in [-0.3, -0.25) is 4.98 Å². The third-order valence-corrected chi connectivity index (χ3v) is 5.03. The van der Waals surface area contributed by atoms with E-state index in [4.69, 9.17) is 11.6 Å². The summed E-state index contributed by atoms with van der Waals surface area (Å²) in [4.78, 5) is 10.1. The van der Waals surface area contributed by atoms with Crippen molar-refractivity contribution in [1.82, 2.24) is 14.5 Å². The summed E-state index contributed by atoms with van der Waals surface area (Å²) in [6, 6.07) is 6.27. The van der Waals surface area contributed by atoms with Crippen molar-refractivity contribution in [2.24, 2.45) is 0 Å². The number of halogens is 2. The summed E-state index contributed by atoms with van der Waals surface area (Å²) >= 11 is 11.2. The van der Waals surface area contributed by atoms with Crippen molar-refractivity contribution in [3.05, 3.63) is 45.1 Å². The standard InChI is InChI=1S/C14H13BrClN3S/c15-13-2-1-10(20-13)5-8-19-12-4-7-17-9-11(12)18-14(19)3-6-16/h1-2,4,7,9H,3,5-6,8H2. The van der Waals surface area contributed by atoms with Crippen molar-refractivity contribution in [2.45, 2.75) is 19.4 Å². The van der Waals surface area contributed by atoms with Crippen LogP contribution in [0.2, 0.25) is 0 Å². The van der Waals surface area contributed by atoms with Gasteiger partial charge in [-0.2, -0.15) is 0 Å². The van der Waals surface area contributed by atoms with Crippen LogP contribution in [-0.4, -0.2) is 20.4 Å². The number of hydrogen-bond donors (Lipinski definition) is 0. The van der Waals surface area contributed by atoms with Crippen LogP contribution < -0.4 is 0 Å². The average Bonchev–Trinajstić information content (AvgIpc) is 3.00. The van der Waals surface area contributed by atoms with Gasteiger partial charge in [-0.15, -0.1) is 22.9 Å². The van der Waals surface area contributed by atoms with Crippen molar-refractivity contribution < 1.29 is 0 Å². The predicted octanol–water partition coefficient (Wildman–Crippen LogP) is 4.28. The highest BCUT2D eigenvalue weighted by Gasteiger charge is 2.10. The minimum absolute atomic E-state index is 0.585. The van der Waals surface area contributed by atoms with Crippen molar-refractivity contribution in [1.29, 1.82) is 0 Å². The van der Waals surface area contributed by atoms with Crippen LogP contribution in [0.15, 0.2) is 34.4 Å². The van der Waals surface area contributed by atoms with Crippen molar-refractivity contribution in [3.63, 3.8) is 0 Å². The Bertz CT molecular complexity index is 722. The van der Waals surface area contributed by atoms with E-state index in [0.717, 1.165) is 36.2 Å². The molecule has 3 heterocycles. The number of rotatable bonds is 5. The number of aromatic nitrogens is 3. The summed E-state index contributed by atoms with van der Waals surface area (Å²) in [6.45, 7) is 0.916. The van der Waals surface area contributed by atoms with E-state index >= 15 is 0 Å². The van der Waals surface area contributed by atoms with E-state index < -0.39 is 0 Å². The van der Waals surface area contributed by atoms with Gasteiger partial charge in [0.15, 0.2) is 0 Å². The quantitative estimate of drug-likeness (QED) is 0.628. The van der Waals surface area contributed by atoms with Gasteiger partial charge in [0.05, 0.1) is 15.5 Å². The van der Waals surface area contributed by atoms with Crippen LogP contribution in [0.4, 0.5) is 0 Å². The van der Waals surface area contributed by atoms with Crippen LogP contribution in [0.5, 0.6) is 0 Å². The normalized spacial score (nSPS) is 11.3. The molecule has 3 rings (SSSR count). The molecule has 0 aliphatic carbocycles. The number of imidazole rings is 1. The lowest BCUT2D eigenvalue weighted by atomic mass is 10.3. The molecule has 0 saturated carbocycles. The fourth-order valence-electron chi connectivity index (χ4n) is 2.26. The van der Waals surface area contributed by atoms with Gasteiger partial charge in [-0.05, 0) is 40.5 Å². The second kappa shape index (κ2) is 6.24. The van der Waals surface area contributed by atoms with Crippen molar-refractivity contribution >= 4 is 49.9 Å². The van der Waals surface area contributed by atoms with E-state index in [1.807, 2.05) is 18.5 Å². The van der Waals surface area contributed by atoms with Crippen LogP contribution in [0, 0.1) is 0 Å². The molecule has 0 bridgehead atoms. The van der Waals surface area contributed by atoms with Gasteiger partial charge >= 0.3 is 0 Å². The highest BCUT2D eigenvalue weighted by molar-refractivity contribution is 9.11. The third-order valence-electron chi connectivity index (χ3n) is 3.16.